The van der Waals surface area contributed by atoms with E-state index < -0.39 is 66.9 Å². The minimum Gasteiger partial charge on any atom is -0.493 e. The molecular formula is C30H34Cl2F4N6O5Si. The quantitative estimate of drug-likeness (QED) is 0.139. The van der Waals surface area contributed by atoms with E-state index in [0.717, 1.165) is 18.2 Å². The van der Waals surface area contributed by atoms with Crippen LogP contribution in [0.3, 0.4) is 0 Å². The van der Waals surface area contributed by atoms with Crippen molar-refractivity contribution in [3.05, 3.63) is 57.5 Å². The lowest BCUT2D eigenvalue weighted by Gasteiger charge is -2.50. The van der Waals surface area contributed by atoms with Gasteiger partial charge in [0.2, 0.25) is 11.8 Å². The van der Waals surface area contributed by atoms with Gasteiger partial charge in [-0.3, -0.25) is 9.59 Å². The number of carbonyl (C=O) groups is 2. The highest BCUT2D eigenvalue weighted by molar-refractivity contribution is 6.76. The first kappa shape index (κ1) is 34.6. The number of hydrogen-bond donors (Lipinski definition) is 0. The number of aromatic nitrogens is 4. The summed E-state index contributed by atoms with van der Waals surface area (Å²) in [5, 5.41) is 11.9. The summed E-state index contributed by atoms with van der Waals surface area (Å²) >= 11 is 11.9. The number of likely N-dealkylation sites (tertiary alicyclic amines) is 2. The molecule has 6 rings (SSSR count). The van der Waals surface area contributed by atoms with Crippen LogP contribution in [0.5, 0.6) is 5.75 Å². The van der Waals surface area contributed by atoms with E-state index in [1.54, 1.807) is 0 Å². The van der Waals surface area contributed by atoms with Crippen molar-refractivity contribution in [3.63, 3.8) is 0 Å². The van der Waals surface area contributed by atoms with E-state index in [2.05, 4.69) is 34.9 Å². The normalized spacial score (nSPS) is 21.5. The molecule has 3 aromatic rings. The summed E-state index contributed by atoms with van der Waals surface area (Å²) in [6, 6.07) is 4.21. The molecule has 2 saturated heterocycles. The largest absolute Gasteiger partial charge is 0.493 e. The number of nitrogens with zero attached hydrogens (tertiary/aromatic N) is 6. The second kappa shape index (κ2) is 12.3. The number of halogens is 6. The van der Waals surface area contributed by atoms with E-state index in [1.807, 2.05) is 0 Å². The van der Waals surface area contributed by atoms with E-state index >= 15 is 8.78 Å². The van der Waals surface area contributed by atoms with Crippen molar-refractivity contribution >= 4 is 43.1 Å². The van der Waals surface area contributed by atoms with Crippen LogP contribution >= 0.6 is 23.2 Å². The van der Waals surface area contributed by atoms with Gasteiger partial charge in [-0.05, 0) is 18.2 Å². The number of carbonyl (C=O) groups excluding carboxylic acids is 2. The van der Waals surface area contributed by atoms with Crippen LogP contribution in [0.25, 0.3) is 0 Å². The second-order valence-electron chi connectivity index (χ2n) is 13.9. The lowest BCUT2D eigenvalue weighted by Crippen LogP contribution is -2.62. The van der Waals surface area contributed by atoms with Gasteiger partial charge in [-0.15, -0.1) is 10.2 Å². The van der Waals surface area contributed by atoms with Crippen LogP contribution in [0.4, 0.5) is 17.6 Å². The molecule has 260 valence electrons. The Morgan fingerprint density at radius 3 is 2.42 bits per heavy atom. The summed E-state index contributed by atoms with van der Waals surface area (Å²) in [4.78, 5) is 29.6. The van der Waals surface area contributed by atoms with Gasteiger partial charge in [0.15, 0.2) is 11.4 Å². The highest BCUT2D eigenvalue weighted by Crippen LogP contribution is 2.54. The zero-order valence-corrected chi connectivity index (χ0v) is 29.1. The van der Waals surface area contributed by atoms with Gasteiger partial charge in [-0.1, -0.05) is 48.9 Å². The molecule has 1 spiro atoms. The molecular weight excluding hydrogens is 699 g/mol. The number of alkyl halides is 4. The fraction of sp³-hybridized carbons (Fsp3) is 0.567. The van der Waals surface area contributed by atoms with Gasteiger partial charge in [0, 0.05) is 58.3 Å². The molecule has 1 aliphatic carbocycles. The molecule has 48 heavy (non-hydrogen) atoms. The van der Waals surface area contributed by atoms with E-state index in [4.69, 9.17) is 37.1 Å². The molecule has 4 heterocycles. The predicted octanol–water partition coefficient (Wildman–Crippen LogP) is 5.76. The highest BCUT2D eigenvalue weighted by Gasteiger charge is 2.66. The summed E-state index contributed by atoms with van der Waals surface area (Å²) in [7, 11) is 0.0292. The number of amides is 2. The molecule has 2 aromatic heterocycles. The molecule has 1 unspecified atom stereocenters. The Labute approximate surface area is 284 Å². The molecule has 2 amide bonds. The van der Waals surface area contributed by atoms with Crippen LogP contribution in [0.1, 0.15) is 40.2 Å². The van der Waals surface area contributed by atoms with Crippen molar-refractivity contribution in [2.45, 2.75) is 56.6 Å². The SMILES string of the molecule is COc1cnn(COCC[Si](C)(C)C)c1C(=O)N1CC(c2nnc(C(F)(F)c3ccc(Cl)c(Cl)c3)o2)C2(C1)CN(C(=O)[C@H]1CC1(F)F)C2. The van der Waals surface area contributed by atoms with Crippen LogP contribution in [-0.2, 0) is 22.2 Å². The third-order valence-electron chi connectivity index (χ3n) is 9.11. The van der Waals surface area contributed by atoms with Crippen LogP contribution in [0.2, 0.25) is 35.7 Å². The zero-order valence-electron chi connectivity index (χ0n) is 26.6. The maximum absolute atomic E-state index is 15.5. The minimum absolute atomic E-state index is 0.00792. The molecule has 2 atom stereocenters. The Hall–Kier alpha value is -3.21. The first-order chi connectivity index (χ1) is 22.5. The first-order valence-electron chi connectivity index (χ1n) is 15.3. The number of methoxy groups -OCH3 is 1. The smallest absolute Gasteiger partial charge is 0.349 e. The standard InChI is InChI=1S/C30H34Cl2F4N6O5Si/c1-45-22-11-37-42(16-46-7-8-48(2,3)4)23(22)26(44)40-12-19(28(13-40)14-41(15-28)25(43)18-10-29(18,33)34)24-38-39-27(47-24)30(35,36)17-5-6-20(31)21(32)9-17/h5-6,9,11,18-19H,7-8,10,12-16H2,1-4H3/t18-,19?/m1/s1. The molecule has 0 bridgehead atoms. The fourth-order valence-corrected chi connectivity index (χ4v) is 7.24. The van der Waals surface area contributed by atoms with E-state index in [0.29, 0.717) is 6.61 Å². The molecule has 3 aliphatic rings. The van der Waals surface area contributed by atoms with E-state index in [1.165, 1.54) is 33.9 Å². The lowest BCUT2D eigenvalue weighted by atomic mass is 9.71. The van der Waals surface area contributed by atoms with Crippen molar-refractivity contribution in [3.8, 4) is 5.75 Å². The average Bonchev–Trinajstić information content (AvgIpc) is 3.45. The maximum Gasteiger partial charge on any atom is 0.349 e. The summed E-state index contributed by atoms with van der Waals surface area (Å²) in [5.74, 6) is -11.2. The molecule has 18 heteroatoms. The Balaban J connectivity index is 1.27. The Morgan fingerprint density at radius 2 is 1.79 bits per heavy atom. The third kappa shape index (κ3) is 6.43. The van der Waals surface area contributed by atoms with Crippen LogP contribution < -0.4 is 4.74 Å². The van der Waals surface area contributed by atoms with Gasteiger partial charge in [0.05, 0.1) is 29.3 Å². The molecule has 3 fully saturated rings. The minimum atomic E-state index is -3.74. The van der Waals surface area contributed by atoms with Crippen LogP contribution in [0, 0.1) is 11.3 Å². The number of hydrogen-bond acceptors (Lipinski definition) is 8. The highest BCUT2D eigenvalue weighted by atomic mass is 35.5. The monoisotopic (exact) mass is 732 g/mol. The number of benzene rings is 1. The van der Waals surface area contributed by atoms with E-state index in [-0.39, 0.29) is 60.3 Å². The zero-order chi connectivity index (χ0) is 34.8. The Bertz CT molecular complexity index is 1730. The van der Waals surface area contributed by atoms with Crippen molar-refractivity contribution in [2.24, 2.45) is 11.3 Å². The predicted molar refractivity (Wildman–Crippen MR) is 167 cm³/mol. The molecule has 11 nitrogen and oxygen atoms in total. The van der Waals surface area contributed by atoms with Crippen molar-refractivity contribution < 1.29 is 41.0 Å². The number of ether oxygens (including phenoxy) is 2. The van der Waals surface area contributed by atoms with Gasteiger partial charge in [-0.25, -0.2) is 13.5 Å². The Morgan fingerprint density at radius 1 is 1.10 bits per heavy atom. The van der Waals surface area contributed by atoms with Gasteiger partial charge >= 0.3 is 5.92 Å². The molecule has 0 N–H and O–H groups in total. The Kier molecular flexibility index (Phi) is 8.86. The van der Waals surface area contributed by atoms with Crippen LogP contribution in [-0.4, -0.2) is 95.5 Å². The summed E-state index contributed by atoms with van der Waals surface area (Å²) in [5.41, 5.74) is -1.34. The average molecular weight is 734 g/mol. The molecule has 1 aromatic carbocycles. The van der Waals surface area contributed by atoms with Crippen molar-refractivity contribution in [2.75, 3.05) is 39.9 Å². The van der Waals surface area contributed by atoms with Crippen LogP contribution in [0.15, 0.2) is 28.8 Å². The first-order valence-corrected chi connectivity index (χ1v) is 19.7. The van der Waals surface area contributed by atoms with Gasteiger partial charge in [0.1, 0.15) is 12.6 Å². The van der Waals surface area contributed by atoms with Crippen molar-refractivity contribution in [1.82, 2.24) is 29.8 Å². The number of rotatable bonds is 11. The summed E-state index contributed by atoms with van der Waals surface area (Å²) in [6.45, 7) is 7.10. The topological polar surface area (TPSA) is 116 Å². The lowest BCUT2D eigenvalue weighted by molar-refractivity contribution is -0.147. The van der Waals surface area contributed by atoms with Crippen molar-refractivity contribution in [1.29, 1.82) is 0 Å². The third-order valence-corrected chi connectivity index (χ3v) is 11.6. The summed E-state index contributed by atoms with van der Waals surface area (Å²) < 4.78 is 76.7. The second-order valence-corrected chi connectivity index (χ2v) is 20.3. The molecule has 0 radical (unpaired) electrons. The molecule has 2 aliphatic heterocycles. The summed E-state index contributed by atoms with van der Waals surface area (Å²) in [6.07, 6.45) is 0.872. The van der Waals surface area contributed by atoms with Gasteiger partial charge < -0.3 is 23.7 Å². The fourth-order valence-electron chi connectivity index (χ4n) is 6.18. The van der Waals surface area contributed by atoms with Gasteiger partial charge in [0.25, 0.3) is 17.7 Å². The maximum atomic E-state index is 15.5. The molecule has 1 saturated carbocycles. The van der Waals surface area contributed by atoms with E-state index in [9.17, 15) is 18.4 Å². The van der Waals surface area contributed by atoms with Gasteiger partial charge in [-0.2, -0.15) is 13.9 Å².